The van der Waals surface area contributed by atoms with E-state index in [-0.39, 0.29) is 0 Å². The summed E-state index contributed by atoms with van der Waals surface area (Å²) in [6, 6.07) is 13.8. The first kappa shape index (κ1) is 12.8. The molecule has 0 saturated carbocycles. The maximum Gasteiger partial charge on any atom is 0.0808 e. The Balaban J connectivity index is 1.88. The standard InChI is InChI=1S/C18H23N3/c1-3-14-10-12-20-16-8-5-4-7-15(16)19(2)21-11-6-9-17(21)18(20)13-14/h4-9,11,14,18H,3,10,12-13H2,1-2H3. The van der Waals surface area contributed by atoms with Gasteiger partial charge in [-0.05, 0) is 43.0 Å². The third-order valence-corrected chi connectivity index (χ3v) is 5.25. The highest BCUT2D eigenvalue weighted by Gasteiger charge is 2.35. The van der Waals surface area contributed by atoms with Gasteiger partial charge in [0.1, 0.15) is 0 Å². The lowest BCUT2D eigenvalue weighted by Crippen LogP contribution is -2.37. The molecule has 2 aliphatic heterocycles. The van der Waals surface area contributed by atoms with Crippen LogP contribution in [0, 0.1) is 5.92 Å². The van der Waals surface area contributed by atoms with E-state index >= 15 is 0 Å². The van der Waals surface area contributed by atoms with Gasteiger partial charge in [-0.25, -0.2) is 0 Å². The van der Waals surface area contributed by atoms with Crippen molar-refractivity contribution >= 4 is 11.4 Å². The van der Waals surface area contributed by atoms with Crippen molar-refractivity contribution in [3.05, 3.63) is 48.3 Å². The summed E-state index contributed by atoms with van der Waals surface area (Å²) < 4.78 is 2.32. The van der Waals surface area contributed by atoms with Gasteiger partial charge in [-0.3, -0.25) is 9.69 Å². The monoisotopic (exact) mass is 281 g/mol. The minimum atomic E-state index is 0.504. The van der Waals surface area contributed by atoms with Crippen LogP contribution in [0.1, 0.15) is 37.9 Å². The molecule has 110 valence electrons. The molecule has 0 amide bonds. The first-order valence-corrected chi connectivity index (χ1v) is 8.06. The second-order valence-corrected chi connectivity index (χ2v) is 6.30. The van der Waals surface area contributed by atoms with Crippen LogP contribution in [0.4, 0.5) is 11.4 Å². The molecular formula is C18H23N3. The van der Waals surface area contributed by atoms with Crippen LogP contribution < -0.4 is 9.91 Å². The van der Waals surface area contributed by atoms with E-state index in [2.05, 4.69) is 71.2 Å². The summed E-state index contributed by atoms with van der Waals surface area (Å²) >= 11 is 0. The number of anilines is 2. The molecule has 2 atom stereocenters. The number of rotatable bonds is 1. The first-order valence-electron chi connectivity index (χ1n) is 8.06. The fourth-order valence-electron chi connectivity index (χ4n) is 4.00. The number of para-hydroxylation sites is 2. The molecule has 1 saturated heterocycles. The molecule has 2 aliphatic rings. The predicted octanol–water partition coefficient (Wildman–Crippen LogP) is 4.07. The zero-order valence-corrected chi connectivity index (χ0v) is 12.9. The van der Waals surface area contributed by atoms with Crippen molar-refractivity contribution in [3.8, 4) is 0 Å². The quantitative estimate of drug-likeness (QED) is 0.780. The molecule has 3 heterocycles. The Morgan fingerprint density at radius 2 is 1.90 bits per heavy atom. The molecule has 1 aromatic carbocycles. The number of hydrogen-bond donors (Lipinski definition) is 0. The van der Waals surface area contributed by atoms with Crippen LogP contribution in [0.5, 0.6) is 0 Å². The molecule has 2 aromatic rings. The number of aromatic nitrogens is 1. The number of piperidine rings is 1. The van der Waals surface area contributed by atoms with Crippen LogP contribution in [0.25, 0.3) is 0 Å². The predicted molar refractivity (Wildman–Crippen MR) is 87.8 cm³/mol. The number of hydrogen-bond acceptors (Lipinski definition) is 2. The van der Waals surface area contributed by atoms with Gasteiger partial charge < -0.3 is 4.90 Å². The summed E-state index contributed by atoms with van der Waals surface area (Å²) in [5.74, 6) is 0.852. The molecule has 0 spiro atoms. The molecule has 0 aliphatic carbocycles. The van der Waals surface area contributed by atoms with Gasteiger partial charge in [-0.15, -0.1) is 0 Å². The molecule has 0 bridgehead atoms. The van der Waals surface area contributed by atoms with Crippen LogP contribution in [-0.4, -0.2) is 18.3 Å². The molecule has 3 nitrogen and oxygen atoms in total. The van der Waals surface area contributed by atoms with Gasteiger partial charge in [0.05, 0.1) is 23.1 Å². The summed E-state index contributed by atoms with van der Waals surface area (Å²) in [5.41, 5.74) is 4.10. The van der Waals surface area contributed by atoms with Gasteiger partial charge in [0, 0.05) is 19.8 Å². The van der Waals surface area contributed by atoms with Crippen molar-refractivity contribution in [2.24, 2.45) is 5.92 Å². The molecular weight excluding hydrogens is 258 g/mol. The maximum atomic E-state index is 2.62. The summed E-state index contributed by atoms with van der Waals surface area (Å²) in [4.78, 5) is 2.62. The second-order valence-electron chi connectivity index (χ2n) is 6.30. The number of fused-ring (bicyclic) bond motifs is 5. The smallest absolute Gasteiger partial charge is 0.0808 e. The van der Waals surface area contributed by atoms with Crippen LogP contribution in [-0.2, 0) is 0 Å². The van der Waals surface area contributed by atoms with Gasteiger partial charge in [0.2, 0.25) is 0 Å². The number of benzene rings is 1. The fourth-order valence-corrected chi connectivity index (χ4v) is 4.00. The van der Waals surface area contributed by atoms with E-state index in [4.69, 9.17) is 0 Å². The van der Waals surface area contributed by atoms with Crippen LogP contribution >= 0.6 is 0 Å². The van der Waals surface area contributed by atoms with Gasteiger partial charge in [-0.2, -0.15) is 0 Å². The average molecular weight is 281 g/mol. The third kappa shape index (κ3) is 1.87. The minimum absolute atomic E-state index is 0.504. The van der Waals surface area contributed by atoms with Crippen LogP contribution in [0.2, 0.25) is 0 Å². The van der Waals surface area contributed by atoms with E-state index in [0.717, 1.165) is 5.92 Å². The maximum absolute atomic E-state index is 2.62. The summed E-state index contributed by atoms with van der Waals surface area (Å²) in [5, 5.41) is 2.28. The molecule has 3 heteroatoms. The van der Waals surface area contributed by atoms with Crippen molar-refractivity contribution in [3.63, 3.8) is 0 Å². The Labute approximate surface area is 126 Å². The lowest BCUT2D eigenvalue weighted by atomic mass is 9.87. The van der Waals surface area contributed by atoms with Gasteiger partial charge in [0.15, 0.2) is 0 Å². The largest absolute Gasteiger partial charge is 0.361 e. The Morgan fingerprint density at radius 1 is 1.10 bits per heavy atom. The lowest BCUT2D eigenvalue weighted by molar-refractivity contribution is 0.331. The van der Waals surface area contributed by atoms with Crippen molar-refractivity contribution in [2.45, 2.75) is 32.2 Å². The fraction of sp³-hybridized carbons (Fsp3) is 0.444. The van der Waals surface area contributed by atoms with Crippen molar-refractivity contribution < 1.29 is 0 Å². The second kappa shape index (κ2) is 4.83. The Bertz CT molecular complexity index is 645. The lowest BCUT2D eigenvalue weighted by Gasteiger charge is -2.40. The van der Waals surface area contributed by atoms with E-state index in [1.165, 1.54) is 42.9 Å². The Morgan fingerprint density at radius 3 is 2.71 bits per heavy atom. The molecule has 2 unspecified atom stereocenters. The molecule has 0 N–H and O–H groups in total. The Kier molecular flexibility index (Phi) is 2.95. The van der Waals surface area contributed by atoms with Crippen molar-refractivity contribution in [2.75, 3.05) is 23.5 Å². The zero-order chi connectivity index (χ0) is 14.4. The van der Waals surface area contributed by atoms with E-state index in [9.17, 15) is 0 Å². The summed E-state index contributed by atoms with van der Waals surface area (Å²) in [7, 11) is 2.16. The third-order valence-electron chi connectivity index (χ3n) is 5.25. The van der Waals surface area contributed by atoms with Gasteiger partial charge in [-0.1, -0.05) is 25.5 Å². The van der Waals surface area contributed by atoms with E-state index in [1.54, 1.807) is 0 Å². The van der Waals surface area contributed by atoms with Gasteiger partial charge in [0.25, 0.3) is 0 Å². The van der Waals surface area contributed by atoms with E-state index < -0.39 is 0 Å². The normalized spacial score (nSPS) is 24.1. The zero-order valence-electron chi connectivity index (χ0n) is 12.9. The highest BCUT2D eigenvalue weighted by atomic mass is 15.6. The molecule has 1 fully saturated rings. The highest BCUT2D eigenvalue weighted by Crippen LogP contribution is 2.44. The van der Waals surface area contributed by atoms with Gasteiger partial charge >= 0.3 is 0 Å². The SMILES string of the molecule is CCC1CCN2c3ccccc3N(C)n3cccc3C2C1. The summed E-state index contributed by atoms with van der Waals surface area (Å²) in [6.07, 6.45) is 6.06. The van der Waals surface area contributed by atoms with Crippen molar-refractivity contribution in [1.29, 1.82) is 0 Å². The molecule has 21 heavy (non-hydrogen) atoms. The van der Waals surface area contributed by atoms with Crippen molar-refractivity contribution in [1.82, 2.24) is 4.68 Å². The van der Waals surface area contributed by atoms with E-state index in [1.807, 2.05) is 0 Å². The van der Waals surface area contributed by atoms with E-state index in [0.29, 0.717) is 6.04 Å². The minimum Gasteiger partial charge on any atom is -0.361 e. The average Bonchev–Trinajstić information content (AvgIpc) is 3.00. The summed E-state index contributed by atoms with van der Waals surface area (Å²) in [6.45, 7) is 3.50. The Hall–Kier alpha value is -1.90. The molecule has 4 rings (SSSR count). The number of nitrogens with zero attached hydrogens (tertiary/aromatic N) is 3. The molecule has 0 radical (unpaired) electrons. The highest BCUT2D eigenvalue weighted by molar-refractivity contribution is 5.73. The first-order chi connectivity index (χ1) is 10.3. The van der Waals surface area contributed by atoms with Crippen LogP contribution in [0.3, 0.4) is 0 Å². The van der Waals surface area contributed by atoms with Crippen LogP contribution in [0.15, 0.2) is 42.6 Å². The topological polar surface area (TPSA) is 11.4 Å². The molecule has 1 aromatic heterocycles.